The molecule has 16 heavy (non-hydrogen) atoms. The van der Waals surface area contributed by atoms with Crippen molar-refractivity contribution < 1.29 is 4.79 Å². The first kappa shape index (κ1) is 12.8. The normalized spacial score (nSPS) is 11.0. The monoisotopic (exact) mass is 252 g/mol. The van der Waals surface area contributed by atoms with Gasteiger partial charge in [-0.2, -0.15) is 0 Å². The van der Waals surface area contributed by atoms with Gasteiger partial charge in [-0.25, -0.2) is 0 Å². The Morgan fingerprint density at radius 2 is 1.88 bits per heavy atom. The molecule has 0 saturated carbocycles. The lowest BCUT2D eigenvalue weighted by Crippen LogP contribution is -2.01. The fourth-order valence-corrected chi connectivity index (χ4v) is 1.47. The molecule has 1 nitrogen and oxygen atoms in total. The summed E-state index contributed by atoms with van der Waals surface area (Å²) in [6.07, 6.45) is 4.61. The van der Waals surface area contributed by atoms with E-state index in [1.165, 1.54) is 18.2 Å². The van der Waals surface area contributed by atoms with Crippen LogP contribution in [0.5, 0.6) is 0 Å². The minimum atomic E-state index is -0.159. The zero-order chi connectivity index (χ0) is 12.1. The van der Waals surface area contributed by atoms with Crippen molar-refractivity contribution in [1.82, 2.24) is 0 Å². The number of Topliss-reactive ketones (excluding diaryl/α,β-unsaturated/α-hetero) is 1. The number of hydrogen-bond donors (Lipinski definition) is 0. The van der Waals surface area contributed by atoms with Gasteiger partial charge >= 0.3 is 0 Å². The quantitative estimate of drug-likeness (QED) is 0.439. The van der Waals surface area contributed by atoms with Crippen molar-refractivity contribution in [1.29, 1.82) is 0 Å². The lowest BCUT2D eigenvalue weighted by Gasteiger charge is -2.02. The first-order valence-corrected chi connectivity index (χ1v) is 5.30. The minimum Gasteiger partial charge on any atom is -0.289 e. The average Bonchev–Trinajstić information content (AvgIpc) is 2.28. The van der Waals surface area contributed by atoms with E-state index in [2.05, 4.69) is 13.2 Å². The third-order valence-electron chi connectivity index (χ3n) is 1.96. The summed E-state index contributed by atoms with van der Waals surface area (Å²) in [5, 5.41) is 0.778. The largest absolute Gasteiger partial charge is 0.289 e. The van der Waals surface area contributed by atoms with Gasteiger partial charge in [-0.1, -0.05) is 54.6 Å². The summed E-state index contributed by atoms with van der Waals surface area (Å²) in [6, 6.07) is 4.75. The first-order chi connectivity index (χ1) is 7.60. The Bertz CT molecular complexity index is 473. The number of halogens is 2. The Hall–Kier alpha value is -1.31. The maximum Gasteiger partial charge on any atom is 0.193 e. The smallest absolute Gasteiger partial charge is 0.193 e. The highest BCUT2D eigenvalue weighted by Gasteiger charge is 2.10. The van der Waals surface area contributed by atoms with Crippen molar-refractivity contribution in [3.05, 3.63) is 70.8 Å². The molecule has 1 rings (SSSR count). The van der Waals surface area contributed by atoms with Crippen LogP contribution in [0, 0.1) is 0 Å². The number of ketones is 1. The van der Waals surface area contributed by atoms with Gasteiger partial charge < -0.3 is 0 Å². The molecule has 0 aliphatic carbocycles. The maximum atomic E-state index is 11.9. The van der Waals surface area contributed by atoms with Crippen LogP contribution in [0.25, 0.3) is 0 Å². The van der Waals surface area contributed by atoms with E-state index >= 15 is 0 Å². The predicted octanol–water partition coefficient (Wildman–Crippen LogP) is 4.47. The second kappa shape index (κ2) is 5.69. The van der Waals surface area contributed by atoms with Crippen LogP contribution in [0.1, 0.15) is 10.4 Å². The molecule has 1 aromatic rings. The van der Waals surface area contributed by atoms with Gasteiger partial charge in [-0.3, -0.25) is 4.79 Å². The third kappa shape index (κ3) is 2.84. The van der Waals surface area contributed by atoms with E-state index in [0.717, 1.165) is 0 Å². The van der Waals surface area contributed by atoms with Crippen LogP contribution in [0.3, 0.4) is 0 Å². The highest BCUT2D eigenvalue weighted by Crippen LogP contribution is 2.23. The lowest BCUT2D eigenvalue weighted by atomic mass is 10.0. The van der Waals surface area contributed by atoms with Gasteiger partial charge in [0, 0.05) is 11.1 Å². The van der Waals surface area contributed by atoms with E-state index in [0.29, 0.717) is 21.2 Å². The van der Waals surface area contributed by atoms with Crippen molar-refractivity contribution in [3.8, 4) is 0 Å². The van der Waals surface area contributed by atoms with Crippen molar-refractivity contribution in [2.24, 2.45) is 0 Å². The number of carbonyl (C=O) groups excluding carboxylic acids is 1. The van der Waals surface area contributed by atoms with Gasteiger partial charge in [0.05, 0.1) is 10.0 Å². The fourth-order valence-electron chi connectivity index (χ4n) is 1.17. The molecular weight excluding hydrogens is 243 g/mol. The zero-order valence-corrected chi connectivity index (χ0v) is 10.1. The van der Waals surface area contributed by atoms with Gasteiger partial charge in [0.15, 0.2) is 5.78 Å². The maximum absolute atomic E-state index is 11.9. The van der Waals surface area contributed by atoms with E-state index in [1.807, 2.05) is 0 Å². The van der Waals surface area contributed by atoms with E-state index in [4.69, 9.17) is 23.2 Å². The Kier molecular flexibility index (Phi) is 4.53. The van der Waals surface area contributed by atoms with Crippen LogP contribution in [0.15, 0.2) is 55.2 Å². The molecule has 0 aliphatic heterocycles. The van der Waals surface area contributed by atoms with E-state index in [-0.39, 0.29) is 5.78 Å². The standard InChI is InChI=1S/C13H10Cl2O/c1-3-5-9(4-2)13(16)10-6-7-11(14)12(15)8-10/h3-8H,1-2H2/b9-5+. The Labute approximate surface area is 105 Å². The molecule has 3 heteroatoms. The molecule has 0 heterocycles. The van der Waals surface area contributed by atoms with Crippen LogP contribution in [0.2, 0.25) is 10.0 Å². The van der Waals surface area contributed by atoms with Gasteiger partial charge in [-0.15, -0.1) is 0 Å². The second-order valence-corrected chi connectivity index (χ2v) is 3.83. The number of rotatable bonds is 4. The number of hydrogen-bond acceptors (Lipinski definition) is 1. The number of allylic oxidation sites excluding steroid dienone is 4. The molecule has 0 aliphatic rings. The van der Waals surface area contributed by atoms with Crippen molar-refractivity contribution >= 4 is 29.0 Å². The van der Waals surface area contributed by atoms with Gasteiger partial charge in [0.1, 0.15) is 0 Å². The molecule has 0 atom stereocenters. The van der Waals surface area contributed by atoms with Crippen LogP contribution in [0.4, 0.5) is 0 Å². The number of carbonyl (C=O) groups is 1. The average molecular weight is 253 g/mol. The summed E-state index contributed by atoms with van der Waals surface area (Å²) in [5.41, 5.74) is 0.941. The summed E-state index contributed by atoms with van der Waals surface area (Å²) in [7, 11) is 0. The summed E-state index contributed by atoms with van der Waals surface area (Å²) >= 11 is 11.6. The molecule has 0 aromatic heterocycles. The zero-order valence-electron chi connectivity index (χ0n) is 8.54. The first-order valence-electron chi connectivity index (χ1n) is 4.55. The molecule has 0 spiro atoms. The Balaban J connectivity index is 3.14. The molecule has 1 aromatic carbocycles. The van der Waals surface area contributed by atoms with Crippen LogP contribution in [-0.2, 0) is 0 Å². The second-order valence-electron chi connectivity index (χ2n) is 3.02. The fraction of sp³-hybridized carbons (Fsp3) is 0. The lowest BCUT2D eigenvalue weighted by molar-refractivity contribution is 0.103. The Morgan fingerprint density at radius 1 is 1.19 bits per heavy atom. The molecule has 0 saturated heterocycles. The van der Waals surface area contributed by atoms with E-state index in [1.54, 1.807) is 18.2 Å². The molecule has 0 bridgehead atoms. The molecule has 0 N–H and O–H groups in total. The van der Waals surface area contributed by atoms with E-state index in [9.17, 15) is 4.79 Å². The summed E-state index contributed by atoms with van der Waals surface area (Å²) in [5.74, 6) is -0.159. The molecular formula is C13H10Cl2O. The van der Waals surface area contributed by atoms with Crippen LogP contribution in [-0.4, -0.2) is 5.78 Å². The SMILES string of the molecule is C=C/C=C(\C=C)C(=O)c1ccc(Cl)c(Cl)c1. The molecule has 82 valence electrons. The highest BCUT2D eigenvalue weighted by molar-refractivity contribution is 6.42. The highest BCUT2D eigenvalue weighted by atomic mass is 35.5. The van der Waals surface area contributed by atoms with Crippen molar-refractivity contribution in [2.45, 2.75) is 0 Å². The van der Waals surface area contributed by atoms with Crippen molar-refractivity contribution in [3.63, 3.8) is 0 Å². The summed E-state index contributed by atoms with van der Waals surface area (Å²) < 4.78 is 0. The molecule has 0 amide bonds. The summed E-state index contributed by atoms with van der Waals surface area (Å²) in [6.45, 7) is 7.10. The third-order valence-corrected chi connectivity index (χ3v) is 2.70. The summed E-state index contributed by atoms with van der Waals surface area (Å²) in [4.78, 5) is 11.9. The van der Waals surface area contributed by atoms with Crippen molar-refractivity contribution in [2.75, 3.05) is 0 Å². The number of benzene rings is 1. The molecule has 0 radical (unpaired) electrons. The van der Waals surface area contributed by atoms with Gasteiger partial charge in [0.25, 0.3) is 0 Å². The topological polar surface area (TPSA) is 17.1 Å². The van der Waals surface area contributed by atoms with E-state index < -0.39 is 0 Å². The predicted molar refractivity (Wildman–Crippen MR) is 69.3 cm³/mol. The Morgan fingerprint density at radius 3 is 2.38 bits per heavy atom. The van der Waals surface area contributed by atoms with Crippen LogP contribution >= 0.6 is 23.2 Å². The van der Waals surface area contributed by atoms with Gasteiger partial charge in [-0.05, 0) is 18.2 Å². The molecule has 0 fully saturated rings. The molecule has 0 unspecified atom stereocenters. The van der Waals surface area contributed by atoms with Gasteiger partial charge in [0.2, 0.25) is 0 Å². The minimum absolute atomic E-state index is 0.159. The van der Waals surface area contributed by atoms with Crippen LogP contribution < -0.4 is 0 Å².